The molecule has 1 aliphatic rings. The third kappa shape index (κ3) is 7.03. The molecule has 0 aliphatic heterocycles. The summed E-state index contributed by atoms with van der Waals surface area (Å²) < 4.78 is 12.5. The fourth-order valence-electron chi connectivity index (χ4n) is 5.52. The molecule has 1 aliphatic carbocycles. The van der Waals surface area contributed by atoms with Gasteiger partial charge in [0.05, 0.1) is 31.9 Å². The highest BCUT2D eigenvalue weighted by atomic mass is 16.5. The van der Waals surface area contributed by atoms with E-state index >= 15 is 0 Å². The van der Waals surface area contributed by atoms with E-state index in [-0.39, 0.29) is 24.3 Å². The number of rotatable bonds is 12. The van der Waals surface area contributed by atoms with Crippen LogP contribution in [0.5, 0.6) is 5.75 Å². The number of esters is 1. The summed E-state index contributed by atoms with van der Waals surface area (Å²) in [6, 6.07) is 15.7. The molecule has 214 valence electrons. The quantitative estimate of drug-likeness (QED) is 0.272. The third-order valence-corrected chi connectivity index (χ3v) is 7.70. The first-order valence-electron chi connectivity index (χ1n) is 14.4. The Bertz CT molecular complexity index is 1260. The van der Waals surface area contributed by atoms with Gasteiger partial charge in [-0.1, -0.05) is 38.3 Å². The molecule has 0 bridgehead atoms. The number of anilines is 1. The van der Waals surface area contributed by atoms with Crippen LogP contribution in [-0.2, 0) is 16.0 Å². The Labute approximate surface area is 237 Å². The van der Waals surface area contributed by atoms with Crippen molar-refractivity contribution in [3.63, 3.8) is 0 Å². The van der Waals surface area contributed by atoms with E-state index in [2.05, 4.69) is 18.4 Å². The van der Waals surface area contributed by atoms with Crippen LogP contribution < -0.4 is 10.1 Å². The molecule has 0 spiro atoms. The predicted octanol–water partition coefficient (Wildman–Crippen LogP) is 6.20. The average molecular weight is 547 g/mol. The predicted molar refractivity (Wildman–Crippen MR) is 157 cm³/mol. The molecule has 0 radical (unpaired) electrons. The highest BCUT2D eigenvalue weighted by Gasteiger charge is 2.29. The zero-order valence-corrected chi connectivity index (χ0v) is 24.2. The Kier molecular flexibility index (Phi) is 10.2. The summed E-state index contributed by atoms with van der Waals surface area (Å²) in [5, 5.41) is 8.79. The molecule has 0 saturated heterocycles. The Morgan fingerprint density at radius 3 is 2.48 bits per heavy atom. The molecule has 1 saturated carbocycles. The summed E-state index contributed by atoms with van der Waals surface area (Å²) in [6.07, 6.45) is 9.25. The number of benzene rings is 2. The first-order chi connectivity index (χ1) is 19.4. The largest absolute Gasteiger partial charge is 0.494 e. The van der Waals surface area contributed by atoms with Gasteiger partial charge >= 0.3 is 5.97 Å². The summed E-state index contributed by atoms with van der Waals surface area (Å²) >= 11 is 0. The minimum atomic E-state index is -0.295. The molecule has 3 aromatic rings. The van der Waals surface area contributed by atoms with Crippen LogP contribution in [0.15, 0.2) is 54.7 Å². The molecule has 1 unspecified atom stereocenters. The van der Waals surface area contributed by atoms with E-state index in [4.69, 9.17) is 14.6 Å². The van der Waals surface area contributed by atoms with Crippen LogP contribution >= 0.6 is 0 Å². The van der Waals surface area contributed by atoms with Crippen LogP contribution in [0.4, 0.5) is 5.69 Å². The highest BCUT2D eigenvalue weighted by Crippen LogP contribution is 2.39. The van der Waals surface area contributed by atoms with Crippen molar-refractivity contribution in [1.82, 2.24) is 14.7 Å². The lowest BCUT2D eigenvalue weighted by Crippen LogP contribution is -2.29. The van der Waals surface area contributed by atoms with Crippen molar-refractivity contribution in [1.29, 1.82) is 0 Å². The van der Waals surface area contributed by atoms with Gasteiger partial charge < -0.3 is 19.7 Å². The minimum Gasteiger partial charge on any atom is -0.494 e. The van der Waals surface area contributed by atoms with E-state index in [9.17, 15) is 9.59 Å². The second-order valence-electron chi connectivity index (χ2n) is 10.4. The summed E-state index contributed by atoms with van der Waals surface area (Å²) in [6.45, 7) is 4.58. The lowest BCUT2D eigenvalue weighted by molar-refractivity contribution is -0.143. The number of hydrogen-bond acceptors (Lipinski definition) is 6. The number of para-hydroxylation sites is 2. The van der Waals surface area contributed by atoms with E-state index < -0.39 is 0 Å². The van der Waals surface area contributed by atoms with Crippen LogP contribution in [0.3, 0.4) is 0 Å². The van der Waals surface area contributed by atoms with Crippen molar-refractivity contribution >= 4 is 17.6 Å². The fourth-order valence-corrected chi connectivity index (χ4v) is 5.52. The molecular weight excluding hydrogens is 504 g/mol. The number of amides is 1. The van der Waals surface area contributed by atoms with Crippen LogP contribution in [0.1, 0.15) is 80.0 Å². The molecule has 1 atom stereocenters. The molecular formula is C32H42N4O4. The number of methoxy groups -OCH3 is 1. The number of carbonyl (C=O) groups is 2. The van der Waals surface area contributed by atoms with Gasteiger partial charge in [-0.2, -0.15) is 5.10 Å². The molecule has 1 amide bonds. The maximum Gasteiger partial charge on any atom is 0.307 e. The molecule has 8 heteroatoms. The number of carbonyl (C=O) groups excluding carboxylic acids is 2. The smallest absolute Gasteiger partial charge is 0.307 e. The van der Waals surface area contributed by atoms with Gasteiger partial charge in [0.1, 0.15) is 11.4 Å². The first-order valence-corrected chi connectivity index (χ1v) is 14.4. The van der Waals surface area contributed by atoms with Crippen molar-refractivity contribution in [2.75, 3.05) is 32.6 Å². The van der Waals surface area contributed by atoms with Gasteiger partial charge in [0.2, 0.25) is 0 Å². The van der Waals surface area contributed by atoms with E-state index in [0.29, 0.717) is 24.6 Å². The van der Waals surface area contributed by atoms with Gasteiger partial charge in [-0.25, -0.2) is 4.68 Å². The van der Waals surface area contributed by atoms with Gasteiger partial charge in [-0.05, 0) is 68.5 Å². The van der Waals surface area contributed by atoms with Crippen LogP contribution in [0, 0.1) is 5.92 Å². The SMILES string of the molecule is CCOC(=O)CCN(C)C(=O)c1ccc(NC(c2cn(-c3ccccc3OC)nc2CC)C2CCCCC2)cc1. The molecule has 1 N–H and O–H groups in total. The summed E-state index contributed by atoms with van der Waals surface area (Å²) in [5.74, 6) is 0.862. The maximum atomic E-state index is 12.9. The normalized spacial score (nSPS) is 14.4. The Hall–Kier alpha value is -3.81. The Morgan fingerprint density at radius 1 is 1.07 bits per heavy atom. The average Bonchev–Trinajstić information content (AvgIpc) is 3.43. The number of nitrogens with one attached hydrogen (secondary N) is 1. The van der Waals surface area contributed by atoms with E-state index in [1.807, 2.05) is 53.2 Å². The highest BCUT2D eigenvalue weighted by molar-refractivity contribution is 5.94. The number of nitrogens with zero attached hydrogens (tertiary/aromatic N) is 3. The van der Waals surface area contributed by atoms with Crippen LogP contribution in [0.25, 0.3) is 5.69 Å². The summed E-state index contributed by atoms with van der Waals surface area (Å²) in [7, 11) is 3.39. The number of aromatic nitrogens is 2. The summed E-state index contributed by atoms with van der Waals surface area (Å²) in [5.41, 5.74) is 4.75. The number of hydrogen-bond donors (Lipinski definition) is 1. The van der Waals surface area contributed by atoms with Crippen molar-refractivity contribution in [3.05, 3.63) is 71.5 Å². The van der Waals surface area contributed by atoms with Gasteiger partial charge in [0.25, 0.3) is 5.91 Å². The van der Waals surface area contributed by atoms with Gasteiger partial charge in [-0.15, -0.1) is 0 Å². The van der Waals surface area contributed by atoms with Crippen molar-refractivity contribution < 1.29 is 19.1 Å². The zero-order chi connectivity index (χ0) is 28.5. The Balaban J connectivity index is 1.56. The second kappa shape index (κ2) is 14.0. The van der Waals surface area contributed by atoms with Crippen molar-refractivity contribution in [3.8, 4) is 11.4 Å². The Morgan fingerprint density at radius 2 is 1.80 bits per heavy atom. The van der Waals surface area contributed by atoms with Crippen LogP contribution in [0.2, 0.25) is 0 Å². The molecule has 4 rings (SSSR count). The second-order valence-corrected chi connectivity index (χ2v) is 10.4. The van der Waals surface area contributed by atoms with Crippen molar-refractivity contribution in [2.24, 2.45) is 5.92 Å². The number of ether oxygens (including phenoxy) is 2. The molecule has 40 heavy (non-hydrogen) atoms. The van der Waals surface area contributed by atoms with Gasteiger partial charge in [-0.3, -0.25) is 9.59 Å². The monoisotopic (exact) mass is 546 g/mol. The van der Waals surface area contributed by atoms with Gasteiger partial charge in [0.15, 0.2) is 0 Å². The van der Waals surface area contributed by atoms with E-state index in [0.717, 1.165) is 29.2 Å². The molecule has 1 heterocycles. The number of aryl methyl sites for hydroxylation is 1. The lowest BCUT2D eigenvalue weighted by Gasteiger charge is -2.32. The van der Waals surface area contributed by atoms with Crippen molar-refractivity contribution in [2.45, 2.75) is 64.8 Å². The van der Waals surface area contributed by atoms with Crippen LogP contribution in [-0.4, -0.2) is 53.9 Å². The molecule has 1 fully saturated rings. The van der Waals surface area contributed by atoms with E-state index in [1.54, 1.807) is 26.0 Å². The lowest BCUT2D eigenvalue weighted by atomic mass is 9.81. The third-order valence-electron chi connectivity index (χ3n) is 7.70. The fraction of sp³-hybridized carbons (Fsp3) is 0.469. The zero-order valence-electron chi connectivity index (χ0n) is 24.2. The molecule has 8 nitrogen and oxygen atoms in total. The standard InChI is InChI=1S/C32H42N4O4/c1-5-27-26(22-36(34-27)28-14-10-11-15-29(28)39-4)31(23-12-8-7-9-13-23)33-25-18-16-24(17-19-25)32(38)35(3)21-20-30(37)40-6-2/h10-11,14-19,22-23,31,33H,5-9,12-13,20-21H2,1-4H3. The summed E-state index contributed by atoms with van der Waals surface area (Å²) in [4.78, 5) is 26.2. The topological polar surface area (TPSA) is 85.7 Å². The first kappa shape index (κ1) is 29.2. The molecule has 2 aromatic carbocycles. The van der Waals surface area contributed by atoms with Gasteiger partial charge in [0, 0.05) is 36.6 Å². The minimum absolute atomic E-state index is 0.104. The molecule has 1 aromatic heterocycles. The van der Waals surface area contributed by atoms with E-state index in [1.165, 1.54) is 37.7 Å². The maximum absolute atomic E-state index is 12.9.